The van der Waals surface area contributed by atoms with Gasteiger partial charge in [0.05, 0.1) is 17.3 Å². The Morgan fingerprint density at radius 2 is 2.25 bits per heavy atom. The molecule has 0 spiro atoms. The van der Waals surface area contributed by atoms with Crippen LogP contribution in [0.2, 0.25) is 5.02 Å². The lowest BCUT2D eigenvalue weighted by molar-refractivity contribution is 0.111. The van der Waals surface area contributed by atoms with Gasteiger partial charge in [0.15, 0.2) is 0 Å². The van der Waals surface area contributed by atoms with Crippen molar-refractivity contribution in [3.8, 4) is 0 Å². The number of hydrogen-bond acceptors (Lipinski definition) is 4. The molecular formula is C15H24ClN3O. The van der Waals surface area contributed by atoms with Crippen LogP contribution in [0.1, 0.15) is 25.5 Å². The van der Waals surface area contributed by atoms with Crippen molar-refractivity contribution in [2.24, 2.45) is 5.92 Å². The van der Waals surface area contributed by atoms with Crippen molar-refractivity contribution in [3.05, 3.63) is 22.8 Å². The molecule has 0 bridgehead atoms. The maximum absolute atomic E-state index is 6.28. The quantitative estimate of drug-likeness (QED) is 0.800. The zero-order valence-corrected chi connectivity index (χ0v) is 13.3. The molecule has 1 aliphatic rings. The minimum absolute atomic E-state index is 0.557. The van der Waals surface area contributed by atoms with Gasteiger partial charge >= 0.3 is 0 Å². The molecule has 1 saturated carbocycles. The van der Waals surface area contributed by atoms with Crippen LogP contribution >= 0.6 is 11.6 Å². The number of pyridine rings is 1. The summed E-state index contributed by atoms with van der Waals surface area (Å²) in [4.78, 5) is 7.00. The van der Waals surface area contributed by atoms with Crippen LogP contribution in [0.4, 0.5) is 5.82 Å². The Morgan fingerprint density at radius 3 is 2.85 bits per heavy atom. The largest absolute Gasteiger partial charge is 0.383 e. The zero-order chi connectivity index (χ0) is 14.5. The molecule has 0 aliphatic heterocycles. The van der Waals surface area contributed by atoms with Gasteiger partial charge in [0, 0.05) is 33.3 Å². The van der Waals surface area contributed by atoms with Crippen molar-refractivity contribution >= 4 is 17.4 Å². The topological polar surface area (TPSA) is 37.4 Å². The smallest absolute Gasteiger partial charge is 0.126 e. The summed E-state index contributed by atoms with van der Waals surface area (Å²) in [6, 6.07) is 4.36. The summed E-state index contributed by atoms with van der Waals surface area (Å²) in [7, 11) is 3.61. The van der Waals surface area contributed by atoms with Crippen LogP contribution in [0, 0.1) is 5.92 Å². The number of methoxy groups -OCH3 is 1. The van der Waals surface area contributed by atoms with E-state index in [1.165, 1.54) is 12.8 Å². The highest BCUT2D eigenvalue weighted by atomic mass is 35.5. The Kier molecular flexibility index (Phi) is 5.64. The molecule has 2 rings (SSSR count). The van der Waals surface area contributed by atoms with Gasteiger partial charge in [-0.3, -0.25) is 4.90 Å². The van der Waals surface area contributed by atoms with Crippen molar-refractivity contribution in [1.82, 2.24) is 9.88 Å². The number of hydrogen-bond donors (Lipinski definition) is 1. The Morgan fingerprint density at radius 1 is 1.50 bits per heavy atom. The Bertz CT molecular complexity index is 437. The number of nitrogens with zero attached hydrogens (tertiary/aromatic N) is 2. The van der Waals surface area contributed by atoms with E-state index in [1.54, 1.807) is 7.11 Å². The summed E-state index contributed by atoms with van der Waals surface area (Å²) >= 11 is 6.28. The minimum Gasteiger partial charge on any atom is -0.383 e. The van der Waals surface area contributed by atoms with Crippen LogP contribution in [0.5, 0.6) is 0 Å². The molecule has 1 fully saturated rings. The first-order valence-electron chi connectivity index (χ1n) is 7.22. The second-order valence-electron chi connectivity index (χ2n) is 5.42. The summed E-state index contributed by atoms with van der Waals surface area (Å²) in [6.45, 7) is 4.72. The van der Waals surface area contributed by atoms with E-state index in [0.717, 1.165) is 42.1 Å². The third kappa shape index (κ3) is 4.08. The van der Waals surface area contributed by atoms with Gasteiger partial charge in [-0.25, -0.2) is 4.98 Å². The number of rotatable bonds is 8. The van der Waals surface area contributed by atoms with Crippen LogP contribution in [0.15, 0.2) is 12.1 Å². The normalized spacial score (nSPS) is 16.4. The molecule has 4 nitrogen and oxygen atoms in total. The summed E-state index contributed by atoms with van der Waals surface area (Å²) in [5.41, 5.74) is 0.933. The lowest BCUT2D eigenvalue weighted by atomic mass is 10.1. The fourth-order valence-corrected chi connectivity index (χ4v) is 2.60. The Hall–Kier alpha value is -0.840. The average molecular weight is 298 g/mol. The van der Waals surface area contributed by atoms with Crippen molar-refractivity contribution in [2.45, 2.75) is 32.4 Å². The molecule has 5 heteroatoms. The highest BCUT2D eigenvalue weighted by Gasteiger charge is 2.32. The van der Waals surface area contributed by atoms with Gasteiger partial charge in [-0.15, -0.1) is 0 Å². The van der Waals surface area contributed by atoms with E-state index < -0.39 is 0 Å². The summed E-state index contributed by atoms with van der Waals surface area (Å²) in [5.74, 6) is 1.67. The molecule has 1 unspecified atom stereocenters. The molecule has 1 aromatic rings. The fourth-order valence-electron chi connectivity index (χ4n) is 2.44. The second kappa shape index (κ2) is 7.25. The lowest BCUT2D eigenvalue weighted by Crippen LogP contribution is -2.37. The van der Waals surface area contributed by atoms with E-state index in [1.807, 2.05) is 19.2 Å². The van der Waals surface area contributed by atoms with Crippen LogP contribution in [0.25, 0.3) is 0 Å². The first-order chi connectivity index (χ1) is 9.65. The first kappa shape index (κ1) is 15.5. The maximum Gasteiger partial charge on any atom is 0.126 e. The minimum atomic E-state index is 0.557. The molecule has 1 aliphatic carbocycles. The van der Waals surface area contributed by atoms with Gasteiger partial charge in [0.2, 0.25) is 0 Å². The monoisotopic (exact) mass is 297 g/mol. The molecule has 1 N–H and O–H groups in total. The second-order valence-corrected chi connectivity index (χ2v) is 5.82. The third-order valence-electron chi connectivity index (χ3n) is 3.99. The molecule has 1 heterocycles. The summed E-state index contributed by atoms with van der Waals surface area (Å²) in [5, 5.41) is 3.79. The number of nitrogens with one attached hydrogen (secondary N) is 1. The van der Waals surface area contributed by atoms with Crippen molar-refractivity contribution in [1.29, 1.82) is 0 Å². The molecule has 20 heavy (non-hydrogen) atoms. The zero-order valence-electron chi connectivity index (χ0n) is 12.5. The van der Waals surface area contributed by atoms with E-state index >= 15 is 0 Å². The molecular weight excluding hydrogens is 274 g/mol. The SMILES string of the molecule is CNc1ccc(Cl)c(CN(CCOC)C(C)C2CC2)n1. The Labute approximate surface area is 126 Å². The van der Waals surface area contributed by atoms with Gasteiger partial charge in [0.25, 0.3) is 0 Å². The molecule has 0 saturated heterocycles. The maximum atomic E-state index is 6.28. The summed E-state index contributed by atoms with van der Waals surface area (Å²) < 4.78 is 5.23. The standard InChI is InChI=1S/C15H24ClN3O/c1-11(12-4-5-12)19(8-9-20-3)10-14-13(16)6-7-15(17-2)18-14/h6-7,11-12H,4-5,8-10H2,1-3H3,(H,17,18). The molecule has 1 aromatic heterocycles. The van der Waals surface area contributed by atoms with E-state index in [4.69, 9.17) is 16.3 Å². The van der Waals surface area contributed by atoms with Crippen LogP contribution in [-0.4, -0.2) is 43.2 Å². The Balaban J connectivity index is 2.09. The highest BCUT2D eigenvalue weighted by molar-refractivity contribution is 6.31. The van der Waals surface area contributed by atoms with Crippen LogP contribution in [-0.2, 0) is 11.3 Å². The molecule has 1 atom stereocenters. The van der Waals surface area contributed by atoms with E-state index in [9.17, 15) is 0 Å². The number of halogens is 1. The molecule has 112 valence electrons. The van der Waals surface area contributed by atoms with E-state index in [-0.39, 0.29) is 0 Å². The molecule has 0 amide bonds. The fraction of sp³-hybridized carbons (Fsp3) is 0.667. The first-order valence-corrected chi connectivity index (χ1v) is 7.59. The predicted molar refractivity (Wildman–Crippen MR) is 83.3 cm³/mol. The number of ether oxygens (including phenoxy) is 1. The van der Waals surface area contributed by atoms with Crippen LogP contribution < -0.4 is 5.32 Å². The predicted octanol–water partition coefficient (Wildman–Crippen LogP) is 3.02. The van der Waals surface area contributed by atoms with Crippen molar-refractivity contribution < 1.29 is 4.74 Å². The van der Waals surface area contributed by atoms with Crippen molar-refractivity contribution in [2.75, 3.05) is 32.6 Å². The van der Waals surface area contributed by atoms with E-state index in [2.05, 4.69) is 22.1 Å². The molecule has 0 radical (unpaired) electrons. The van der Waals surface area contributed by atoms with Gasteiger partial charge < -0.3 is 10.1 Å². The van der Waals surface area contributed by atoms with E-state index in [0.29, 0.717) is 6.04 Å². The third-order valence-corrected chi connectivity index (χ3v) is 4.33. The number of aromatic nitrogens is 1. The number of anilines is 1. The summed E-state index contributed by atoms with van der Waals surface area (Å²) in [6.07, 6.45) is 2.67. The average Bonchev–Trinajstić information content (AvgIpc) is 3.29. The van der Waals surface area contributed by atoms with Gasteiger partial charge in [-0.05, 0) is 37.8 Å². The van der Waals surface area contributed by atoms with Gasteiger partial charge in [-0.1, -0.05) is 11.6 Å². The lowest BCUT2D eigenvalue weighted by Gasteiger charge is -2.29. The highest BCUT2D eigenvalue weighted by Crippen LogP contribution is 2.35. The van der Waals surface area contributed by atoms with Gasteiger partial charge in [0.1, 0.15) is 5.82 Å². The molecule has 0 aromatic carbocycles. The van der Waals surface area contributed by atoms with Crippen LogP contribution in [0.3, 0.4) is 0 Å². The van der Waals surface area contributed by atoms with Gasteiger partial charge in [-0.2, -0.15) is 0 Å². The van der Waals surface area contributed by atoms with Crippen molar-refractivity contribution in [3.63, 3.8) is 0 Å².